The molecule has 2 aliphatic rings. The Morgan fingerprint density at radius 2 is 1.45 bits per heavy atom. The Morgan fingerprint density at radius 3 is 1.95 bits per heavy atom. The number of hydrogen-bond acceptors (Lipinski definition) is 3. The molecular formula is C17H25NO3S. The third-order valence-corrected chi connectivity index (χ3v) is 6.91. The van der Waals surface area contributed by atoms with Gasteiger partial charge in [-0.2, -0.15) is 4.31 Å². The van der Waals surface area contributed by atoms with Crippen LogP contribution in [0.15, 0.2) is 17.0 Å². The van der Waals surface area contributed by atoms with Crippen molar-refractivity contribution in [2.45, 2.75) is 63.4 Å². The molecule has 0 atom stereocenters. The normalized spacial score (nSPS) is 20.5. The van der Waals surface area contributed by atoms with E-state index < -0.39 is 10.0 Å². The lowest BCUT2D eigenvalue weighted by molar-refractivity contribution is 0.0569. The van der Waals surface area contributed by atoms with Crippen molar-refractivity contribution in [2.75, 3.05) is 13.2 Å². The smallest absolute Gasteiger partial charge is 0.244 e. The van der Waals surface area contributed by atoms with E-state index >= 15 is 0 Å². The van der Waals surface area contributed by atoms with Gasteiger partial charge in [-0.1, -0.05) is 17.7 Å². The van der Waals surface area contributed by atoms with Gasteiger partial charge in [0.05, 0.1) is 4.90 Å². The van der Waals surface area contributed by atoms with Gasteiger partial charge in [-0.05, 0) is 57.6 Å². The van der Waals surface area contributed by atoms with Crippen LogP contribution >= 0.6 is 0 Å². The van der Waals surface area contributed by atoms with Crippen LogP contribution in [0.25, 0.3) is 0 Å². The van der Waals surface area contributed by atoms with Crippen LogP contribution in [0.2, 0.25) is 0 Å². The van der Waals surface area contributed by atoms with Crippen molar-refractivity contribution in [3.63, 3.8) is 0 Å². The average Bonchev–Trinajstić information content (AvgIpc) is 3.22. The van der Waals surface area contributed by atoms with Gasteiger partial charge in [0.2, 0.25) is 10.0 Å². The van der Waals surface area contributed by atoms with E-state index in [0.717, 1.165) is 42.4 Å². The molecule has 0 N–H and O–H groups in total. The van der Waals surface area contributed by atoms with Gasteiger partial charge in [0.15, 0.2) is 0 Å². The van der Waals surface area contributed by atoms with Crippen molar-refractivity contribution >= 4 is 10.0 Å². The summed E-state index contributed by atoms with van der Waals surface area (Å²) in [6.45, 7) is 7.14. The highest BCUT2D eigenvalue weighted by Crippen LogP contribution is 2.38. The van der Waals surface area contributed by atoms with Crippen molar-refractivity contribution < 1.29 is 13.2 Å². The van der Waals surface area contributed by atoms with E-state index in [1.165, 1.54) is 0 Å². The summed E-state index contributed by atoms with van der Waals surface area (Å²) in [7, 11) is -3.44. The van der Waals surface area contributed by atoms with Gasteiger partial charge in [0.25, 0.3) is 0 Å². The van der Waals surface area contributed by atoms with E-state index in [0.29, 0.717) is 18.1 Å². The molecule has 0 spiro atoms. The van der Waals surface area contributed by atoms with Gasteiger partial charge >= 0.3 is 0 Å². The quantitative estimate of drug-likeness (QED) is 0.856. The first-order chi connectivity index (χ1) is 10.4. The number of hydrogen-bond donors (Lipinski definition) is 0. The first-order valence-electron chi connectivity index (χ1n) is 8.10. The topological polar surface area (TPSA) is 46.6 Å². The van der Waals surface area contributed by atoms with E-state index in [-0.39, 0.29) is 12.1 Å². The SMILES string of the molecule is Cc1cc(C)c(S(=O)(=O)N(C2CCOCC2)C2CC2)c(C)c1. The molecule has 1 heterocycles. The molecule has 1 saturated heterocycles. The molecule has 4 nitrogen and oxygen atoms in total. The summed E-state index contributed by atoms with van der Waals surface area (Å²) in [4.78, 5) is 0.511. The summed E-state index contributed by atoms with van der Waals surface area (Å²) >= 11 is 0. The highest BCUT2D eigenvalue weighted by atomic mass is 32.2. The van der Waals surface area contributed by atoms with Gasteiger partial charge in [0, 0.05) is 25.3 Å². The number of sulfonamides is 1. The average molecular weight is 323 g/mol. The Bertz CT molecular complexity index is 635. The maximum Gasteiger partial charge on any atom is 0.244 e. The van der Waals surface area contributed by atoms with Gasteiger partial charge in [-0.25, -0.2) is 8.42 Å². The fourth-order valence-corrected chi connectivity index (χ4v) is 5.99. The third-order valence-electron chi connectivity index (χ3n) is 4.60. The number of ether oxygens (including phenoxy) is 1. The fourth-order valence-electron chi connectivity index (χ4n) is 3.64. The predicted molar refractivity (Wildman–Crippen MR) is 86.5 cm³/mol. The first kappa shape index (κ1) is 16.0. The van der Waals surface area contributed by atoms with Crippen LogP contribution in [-0.2, 0) is 14.8 Å². The molecule has 2 fully saturated rings. The van der Waals surface area contributed by atoms with E-state index in [2.05, 4.69) is 0 Å². The van der Waals surface area contributed by atoms with Gasteiger partial charge in [-0.15, -0.1) is 0 Å². The van der Waals surface area contributed by atoms with Crippen molar-refractivity contribution in [2.24, 2.45) is 0 Å². The summed E-state index contributed by atoms with van der Waals surface area (Å²) in [5.41, 5.74) is 2.82. The van der Waals surface area contributed by atoms with E-state index in [1.54, 1.807) is 4.31 Å². The molecule has 122 valence electrons. The summed E-state index contributed by atoms with van der Waals surface area (Å²) in [6.07, 6.45) is 3.58. The minimum absolute atomic E-state index is 0.0892. The lowest BCUT2D eigenvalue weighted by Crippen LogP contribution is -2.45. The zero-order chi connectivity index (χ0) is 15.9. The van der Waals surface area contributed by atoms with Gasteiger partial charge < -0.3 is 4.74 Å². The maximum absolute atomic E-state index is 13.4. The van der Waals surface area contributed by atoms with E-state index in [1.807, 2.05) is 32.9 Å². The van der Waals surface area contributed by atoms with Crippen molar-refractivity contribution in [3.05, 3.63) is 28.8 Å². The van der Waals surface area contributed by atoms with Crippen molar-refractivity contribution in [1.82, 2.24) is 4.31 Å². The zero-order valence-electron chi connectivity index (χ0n) is 13.6. The Labute approximate surface area is 133 Å². The second-order valence-corrected chi connectivity index (χ2v) is 8.42. The molecule has 1 saturated carbocycles. The van der Waals surface area contributed by atoms with Crippen LogP contribution < -0.4 is 0 Å². The van der Waals surface area contributed by atoms with Crippen LogP contribution in [0.3, 0.4) is 0 Å². The molecule has 1 aromatic carbocycles. The summed E-state index contributed by atoms with van der Waals surface area (Å²) < 4.78 is 33.9. The Kier molecular flexibility index (Phi) is 4.32. The van der Waals surface area contributed by atoms with Crippen LogP contribution in [-0.4, -0.2) is 38.0 Å². The minimum Gasteiger partial charge on any atom is -0.381 e. The molecule has 5 heteroatoms. The fraction of sp³-hybridized carbons (Fsp3) is 0.647. The second-order valence-electron chi connectivity index (χ2n) is 6.64. The Morgan fingerprint density at radius 1 is 0.955 bits per heavy atom. The van der Waals surface area contributed by atoms with E-state index in [4.69, 9.17) is 4.74 Å². The van der Waals surface area contributed by atoms with Gasteiger partial charge in [0.1, 0.15) is 0 Å². The molecule has 0 radical (unpaired) electrons. The Hall–Kier alpha value is -0.910. The monoisotopic (exact) mass is 323 g/mol. The highest BCUT2D eigenvalue weighted by molar-refractivity contribution is 7.89. The summed E-state index contributed by atoms with van der Waals surface area (Å²) in [6, 6.07) is 4.21. The number of aryl methyl sites for hydroxylation is 3. The van der Waals surface area contributed by atoms with Crippen molar-refractivity contribution in [1.29, 1.82) is 0 Å². The van der Waals surface area contributed by atoms with Crippen LogP contribution in [0, 0.1) is 20.8 Å². The molecule has 3 rings (SSSR count). The molecule has 0 unspecified atom stereocenters. The largest absolute Gasteiger partial charge is 0.381 e. The molecule has 22 heavy (non-hydrogen) atoms. The lowest BCUT2D eigenvalue weighted by atomic mass is 10.1. The van der Waals surface area contributed by atoms with Crippen LogP contribution in [0.4, 0.5) is 0 Å². The summed E-state index contributed by atoms with van der Waals surface area (Å²) in [5.74, 6) is 0. The maximum atomic E-state index is 13.4. The number of rotatable bonds is 4. The van der Waals surface area contributed by atoms with Gasteiger partial charge in [-0.3, -0.25) is 0 Å². The van der Waals surface area contributed by atoms with Crippen LogP contribution in [0.1, 0.15) is 42.4 Å². The Balaban J connectivity index is 2.03. The zero-order valence-corrected chi connectivity index (χ0v) is 14.4. The molecular weight excluding hydrogens is 298 g/mol. The molecule has 0 amide bonds. The number of nitrogens with zero attached hydrogens (tertiary/aromatic N) is 1. The standard InChI is InChI=1S/C17H25NO3S/c1-12-10-13(2)17(14(3)11-12)22(19,20)18(15-4-5-15)16-6-8-21-9-7-16/h10-11,15-16H,4-9H2,1-3H3. The highest BCUT2D eigenvalue weighted by Gasteiger charge is 2.43. The molecule has 1 aliphatic heterocycles. The lowest BCUT2D eigenvalue weighted by Gasteiger charge is -2.34. The molecule has 0 aromatic heterocycles. The molecule has 1 aromatic rings. The summed E-state index contributed by atoms with van der Waals surface area (Å²) in [5, 5.41) is 0. The van der Waals surface area contributed by atoms with Crippen molar-refractivity contribution in [3.8, 4) is 0 Å². The predicted octanol–water partition coefficient (Wildman–Crippen LogP) is 2.94. The second kappa shape index (κ2) is 5.95. The van der Waals surface area contributed by atoms with Crippen LogP contribution in [0.5, 0.6) is 0 Å². The number of benzene rings is 1. The molecule has 1 aliphatic carbocycles. The molecule has 0 bridgehead atoms. The van der Waals surface area contributed by atoms with E-state index in [9.17, 15) is 8.42 Å². The first-order valence-corrected chi connectivity index (χ1v) is 9.54. The third kappa shape index (κ3) is 2.94. The minimum atomic E-state index is -3.44.